The van der Waals surface area contributed by atoms with Crippen molar-refractivity contribution in [3.63, 3.8) is 0 Å². The van der Waals surface area contributed by atoms with Crippen molar-refractivity contribution in [3.8, 4) is 0 Å². The lowest BCUT2D eigenvalue weighted by Gasteiger charge is -2.37. The van der Waals surface area contributed by atoms with Gasteiger partial charge in [0.25, 0.3) is 0 Å². The van der Waals surface area contributed by atoms with E-state index in [-0.39, 0.29) is 6.04 Å². The van der Waals surface area contributed by atoms with Gasteiger partial charge in [-0.3, -0.25) is 9.45 Å². The van der Waals surface area contributed by atoms with E-state index in [0.29, 0.717) is 25.9 Å². The fourth-order valence-corrected chi connectivity index (χ4v) is 4.60. The van der Waals surface area contributed by atoms with Gasteiger partial charge in [-0.15, -0.1) is 0 Å². The Morgan fingerprint density at radius 2 is 1.53 bits per heavy atom. The van der Waals surface area contributed by atoms with Crippen LogP contribution in [-0.2, 0) is 27.7 Å². The molecule has 3 atom stereocenters. The van der Waals surface area contributed by atoms with E-state index in [1.165, 1.54) is 0 Å². The van der Waals surface area contributed by atoms with E-state index in [9.17, 15) is 13.0 Å². The van der Waals surface area contributed by atoms with Crippen LogP contribution in [0.5, 0.6) is 0 Å². The van der Waals surface area contributed by atoms with Crippen LogP contribution in [0.25, 0.3) is 10.4 Å². The van der Waals surface area contributed by atoms with Gasteiger partial charge in [0.1, 0.15) is 6.10 Å². The van der Waals surface area contributed by atoms with Crippen LogP contribution >= 0.6 is 0 Å². The van der Waals surface area contributed by atoms with Gasteiger partial charge in [0.15, 0.2) is 0 Å². The molecule has 2 aromatic carbocycles. The molecule has 1 aliphatic carbocycles. The molecule has 9 heteroatoms. The van der Waals surface area contributed by atoms with Crippen LogP contribution in [0.1, 0.15) is 36.8 Å². The predicted octanol–water partition coefficient (Wildman–Crippen LogP) is 4.50. The van der Waals surface area contributed by atoms with Gasteiger partial charge in [-0.2, -0.15) is 8.42 Å². The third kappa shape index (κ3) is 6.55. The number of hydrogen-bond acceptors (Lipinski definition) is 5. The van der Waals surface area contributed by atoms with Gasteiger partial charge in [-0.05, 0) is 29.5 Å². The Morgan fingerprint density at radius 1 is 1.00 bits per heavy atom. The number of rotatable bonds is 8. The lowest BCUT2D eigenvalue weighted by Crippen LogP contribution is -2.48. The zero-order valence-electron chi connectivity index (χ0n) is 16.6. The molecule has 3 unspecified atom stereocenters. The molecule has 3 rings (SSSR count). The Hall–Kier alpha value is -2.42. The highest BCUT2D eigenvalue weighted by atomic mass is 32.3. The van der Waals surface area contributed by atoms with Crippen molar-refractivity contribution in [1.29, 1.82) is 0 Å². The van der Waals surface area contributed by atoms with Crippen molar-refractivity contribution >= 4 is 10.4 Å². The fourth-order valence-electron chi connectivity index (χ4n) is 4.07. The average molecular weight is 431 g/mol. The fraction of sp³-hybridized carbons (Fsp3) is 0.429. The van der Waals surface area contributed by atoms with Crippen LogP contribution in [-0.4, -0.2) is 36.1 Å². The third-order valence-electron chi connectivity index (χ3n) is 5.37. The Morgan fingerprint density at radius 3 is 2.03 bits per heavy atom. The standard InChI is InChI=1S/C21H26N4O4S/c22-24-23-19-13-7-8-14-20(21(19)29-30(26,27)28)25(15-17-9-3-1-4-10-17)16-18-11-5-2-6-12-18/h1-6,9-12,19-21H,7-8,13-16H2,(H,26,27,28). The first-order valence-electron chi connectivity index (χ1n) is 9.98. The van der Waals surface area contributed by atoms with E-state index >= 15 is 0 Å². The lowest BCUT2D eigenvalue weighted by molar-refractivity contribution is 0.0378. The van der Waals surface area contributed by atoms with Gasteiger partial charge in [0.05, 0.1) is 6.04 Å². The van der Waals surface area contributed by atoms with E-state index in [2.05, 4.69) is 14.9 Å². The second kappa shape index (κ2) is 10.6. The van der Waals surface area contributed by atoms with Crippen LogP contribution in [0, 0.1) is 0 Å². The molecular formula is C21H26N4O4S. The summed E-state index contributed by atoms with van der Waals surface area (Å²) in [6.45, 7) is 1.13. The Balaban J connectivity index is 1.98. The molecule has 0 amide bonds. The zero-order chi connectivity index (χ0) is 21.4. The van der Waals surface area contributed by atoms with Crippen molar-refractivity contribution < 1.29 is 17.2 Å². The van der Waals surface area contributed by atoms with E-state index < -0.39 is 22.5 Å². The minimum absolute atomic E-state index is 0.356. The van der Waals surface area contributed by atoms with E-state index in [4.69, 9.17) is 9.71 Å². The summed E-state index contributed by atoms with van der Waals surface area (Å²) in [4.78, 5) is 5.04. The molecule has 1 fully saturated rings. The number of azide groups is 1. The molecule has 1 aliphatic rings. The molecule has 0 saturated heterocycles. The highest BCUT2D eigenvalue weighted by Crippen LogP contribution is 2.30. The minimum Gasteiger partial charge on any atom is -0.289 e. The van der Waals surface area contributed by atoms with Gasteiger partial charge < -0.3 is 0 Å². The molecule has 0 radical (unpaired) electrons. The first-order valence-corrected chi connectivity index (χ1v) is 11.3. The van der Waals surface area contributed by atoms with Crippen LogP contribution in [0.2, 0.25) is 0 Å². The summed E-state index contributed by atoms with van der Waals surface area (Å²) in [6, 6.07) is 18.7. The van der Waals surface area contributed by atoms with Gasteiger partial charge in [-0.25, -0.2) is 4.18 Å². The normalized spacial score (nSPS) is 22.3. The molecule has 0 aliphatic heterocycles. The first-order chi connectivity index (χ1) is 14.5. The van der Waals surface area contributed by atoms with Crippen molar-refractivity contribution in [2.75, 3.05) is 0 Å². The maximum atomic E-state index is 11.6. The van der Waals surface area contributed by atoms with Crippen molar-refractivity contribution in [2.45, 2.75) is 57.0 Å². The molecule has 1 N–H and O–H groups in total. The lowest BCUT2D eigenvalue weighted by atomic mass is 9.99. The summed E-state index contributed by atoms with van der Waals surface area (Å²) in [5.74, 6) is 0. The smallest absolute Gasteiger partial charge is 0.289 e. The van der Waals surface area contributed by atoms with Gasteiger partial charge in [0.2, 0.25) is 0 Å². The van der Waals surface area contributed by atoms with Gasteiger partial charge in [-0.1, -0.05) is 78.6 Å². The van der Waals surface area contributed by atoms with Gasteiger partial charge >= 0.3 is 10.4 Å². The summed E-state index contributed by atoms with van der Waals surface area (Å²) in [6.07, 6.45) is 1.83. The summed E-state index contributed by atoms with van der Waals surface area (Å²) in [5.41, 5.74) is 11.1. The molecule has 160 valence electrons. The summed E-state index contributed by atoms with van der Waals surface area (Å²) in [5, 5.41) is 3.81. The van der Waals surface area contributed by atoms with Crippen LogP contribution in [0.4, 0.5) is 0 Å². The van der Waals surface area contributed by atoms with Gasteiger partial charge in [0, 0.05) is 24.0 Å². The SMILES string of the molecule is [N-]=[N+]=NC1CCCCC(N(Cc2ccccc2)Cc2ccccc2)C1OS(=O)(=O)O. The Labute approximate surface area is 177 Å². The molecule has 0 spiro atoms. The summed E-state index contributed by atoms with van der Waals surface area (Å²) >= 11 is 0. The molecule has 0 bridgehead atoms. The number of nitrogens with zero attached hydrogens (tertiary/aromatic N) is 4. The predicted molar refractivity (Wildman–Crippen MR) is 114 cm³/mol. The second-order valence-electron chi connectivity index (χ2n) is 7.49. The van der Waals surface area contributed by atoms with Crippen molar-refractivity contribution in [3.05, 3.63) is 82.2 Å². The maximum absolute atomic E-state index is 11.6. The highest BCUT2D eigenvalue weighted by Gasteiger charge is 2.38. The number of hydrogen-bond donors (Lipinski definition) is 1. The minimum atomic E-state index is -4.71. The average Bonchev–Trinajstić information content (AvgIpc) is 2.91. The Kier molecular flexibility index (Phi) is 7.84. The van der Waals surface area contributed by atoms with Crippen LogP contribution < -0.4 is 0 Å². The maximum Gasteiger partial charge on any atom is 0.397 e. The number of benzene rings is 2. The Bertz CT molecular complexity index is 908. The molecule has 0 aromatic heterocycles. The largest absolute Gasteiger partial charge is 0.397 e. The second-order valence-corrected chi connectivity index (χ2v) is 8.54. The monoisotopic (exact) mass is 430 g/mol. The van der Waals surface area contributed by atoms with Crippen LogP contribution in [0.3, 0.4) is 0 Å². The van der Waals surface area contributed by atoms with Crippen LogP contribution in [0.15, 0.2) is 65.8 Å². The quantitative estimate of drug-likeness (QED) is 0.218. The molecule has 8 nitrogen and oxygen atoms in total. The molecule has 1 saturated carbocycles. The third-order valence-corrected chi connectivity index (χ3v) is 5.83. The molecule has 30 heavy (non-hydrogen) atoms. The summed E-state index contributed by atoms with van der Waals surface area (Å²) in [7, 11) is -4.71. The van der Waals surface area contributed by atoms with Crippen molar-refractivity contribution in [1.82, 2.24) is 4.90 Å². The molecule has 0 heterocycles. The van der Waals surface area contributed by atoms with E-state index in [1.54, 1.807) is 0 Å². The zero-order valence-corrected chi connectivity index (χ0v) is 17.4. The molecule has 2 aromatic rings. The topological polar surface area (TPSA) is 116 Å². The highest BCUT2D eigenvalue weighted by molar-refractivity contribution is 7.80. The molecular weight excluding hydrogens is 404 g/mol. The van der Waals surface area contributed by atoms with E-state index in [0.717, 1.165) is 24.0 Å². The van der Waals surface area contributed by atoms with Crippen molar-refractivity contribution in [2.24, 2.45) is 5.11 Å². The first kappa shape index (κ1) is 22.3. The van der Waals surface area contributed by atoms with E-state index in [1.807, 2.05) is 60.7 Å². The summed E-state index contributed by atoms with van der Waals surface area (Å²) < 4.78 is 37.8.